The van der Waals surface area contributed by atoms with E-state index in [1.54, 1.807) is 7.05 Å². The topological polar surface area (TPSA) is 80.2 Å². The molecule has 0 spiro atoms. The van der Waals surface area contributed by atoms with Gasteiger partial charge in [0.15, 0.2) is 5.96 Å². The molecule has 0 bridgehead atoms. The van der Waals surface area contributed by atoms with Crippen LogP contribution in [0.1, 0.15) is 25.7 Å². The molecule has 0 aromatic carbocycles. The smallest absolute Gasteiger partial charge is 0.193 e. The number of nitrogens with one attached hydrogen (secondary N) is 1. The van der Waals surface area contributed by atoms with Crippen LogP contribution in [-0.4, -0.2) is 83.4 Å². The zero-order valence-electron chi connectivity index (χ0n) is 14.7. The molecule has 2 aliphatic heterocycles. The summed E-state index contributed by atoms with van der Waals surface area (Å²) in [5.74, 6) is 1.09. The minimum Gasteiger partial charge on any atom is -0.375 e. The predicted molar refractivity (Wildman–Crippen MR) is 93.0 cm³/mol. The Hall–Kier alpha value is -0.860. The number of hydrogen-bond acceptors (Lipinski definition) is 5. The van der Waals surface area contributed by atoms with Crippen LogP contribution in [0, 0.1) is 5.41 Å². The summed E-state index contributed by atoms with van der Waals surface area (Å²) in [6, 6.07) is 0. The number of guanidine groups is 1. The Balaban J connectivity index is 1.54. The Bertz CT molecular complexity index is 568. The van der Waals surface area contributed by atoms with Crippen molar-refractivity contribution in [2.24, 2.45) is 10.4 Å². The number of rotatable bonds is 5. The molecular weight excluding hydrogens is 330 g/mol. The average molecular weight is 359 g/mol. The minimum atomic E-state index is -2.95. The lowest BCUT2D eigenvalue weighted by Crippen LogP contribution is -2.54. The maximum Gasteiger partial charge on any atom is 0.193 e. The van der Waals surface area contributed by atoms with Gasteiger partial charge in [0, 0.05) is 45.0 Å². The molecule has 3 aliphatic rings. The molecule has 1 aliphatic carbocycles. The van der Waals surface area contributed by atoms with E-state index in [1.807, 2.05) is 0 Å². The summed E-state index contributed by atoms with van der Waals surface area (Å²) >= 11 is 0. The van der Waals surface area contributed by atoms with E-state index >= 15 is 0 Å². The van der Waals surface area contributed by atoms with Crippen molar-refractivity contribution in [1.29, 1.82) is 0 Å². The van der Waals surface area contributed by atoms with Crippen LogP contribution >= 0.6 is 0 Å². The lowest BCUT2D eigenvalue weighted by molar-refractivity contribution is -0.0817. The van der Waals surface area contributed by atoms with Crippen molar-refractivity contribution in [3.63, 3.8) is 0 Å². The SMILES string of the molecule is CN=C(NCC1(CS(C)(=O)=O)CC1)N1CCOC(C2CCCO2)C1. The molecular formula is C16H29N3O4S. The lowest BCUT2D eigenvalue weighted by Gasteiger charge is -2.37. The summed E-state index contributed by atoms with van der Waals surface area (Å²) in [4.78, 5) is 6.59. The molecule has 2 heterocycles. The molecule has 7 nitrogen and oxygen atoms in total. The molecule has 8 heteroatoms. The Kier molecular flexibility index (Phi) is 5.36. The van der Waals surface area contributed by atoms with Crippen LogP contribution in [0.5, 0.6) is 0 Å². The van der Waals surface area contributed by atoms with Crippen LogP contribution in [0.4, 0.5) is 0 Å². The van der Waals surface area contributed by atoms with Gasteiger partial charge in [-0.15, -0.1) is 0 Å². The Morgan fingerprint density at radius 2 is 2.04 bits per heavy atom. The molecule has 138 valence electrons. The van der Waals surface area contributed by atoms with Gasteiger partial charge in [-0.1, -0.05) is 0 Å². The predicted octanol–water partition coefficient (Wildman–Crippen LogP) is 0.266. The number of morpholine rings is 1. The molecule has 0 aromatic heterocycles. The summed E-state index contributed by atoms with van der Waals surface area (Å²) in [6.07, 6.45) is 5.68. The van der Waals surface area contributed by atoms with E-state index in [4.69, 9.17) is 9.47 Å². The monoisotopic (exact) mass is 359 g/mol. The van der Waals surface area contributed by atoms with Crippen LogP contribution in [0.3, 0.4) is 0 Å². The molecule has 0 amide bonds. The van der Waals surface area contributed by atoms with Gasteiger partial charge in [0.1, 0.15) is 15.9 Å². The number of nitrogens with zero attached hydrogens (tertiary/aromatic N) is 2. The second-order valence-electron chi connectivity index (χ2n) is 7.38. The van der Waals surface area contributed by atoms with Crippen molar-refractivity contribution in [3.8, 4) is 0 Å². The van der Waals surface area contributed by atoms with E-state index in [0.717, 1.165) is 51.3 Å². The standard InChI is InChI=1S/C16H29N3O4S/c1-17-15(18-11-16(5-6-16)12-24(2,20)21)19-7-9-23-14(10-19)13-4-3-8-22-13/h13-14H,3-12H2,1-2H3,(H,17,18). The van der Waals surface area contributed by atoms with Crippen LogP contribution in [0.15, 0.2) is 4.99 Å². The first kappa shape index (κ1) is 17.9. The molecule has 24 heavy (non-hydrogen) atoms. The maximum atomic E-state index is 11.6. The summed E-state index contributed by atoms with van der Waals surface area (Å²) in [5.41, 5.74) is -0.107. The van der Waals surface area contributed by atoms with Crippen molar-refractivity contribution in [2.75, 3.05) is 51.9 Å². The van der Waals surface area contributed by atoms with Gasteiger partial charge >= 0.3 is 0 Å². The van der Waals surface area contributed by atoms with Gasteiger partial charge < -0.3 is 19.7 Å². The van der Waals surface area contributed by atoms with E-state index in [0.29, 0.717) is 13.2 Å². The van der Waals surface area contributed by atoms with E-state index in [1.165, 1.54) is 6.26 Å². The lowest BCUT2D eigenvalue weighted by atomic mass is 10.1. The first-order valence-corrected chi connectivity index (χ1v) is 10.8. The molecule has 0 radical (unpaired) electrons. The second kappa shape index (κ2) is 7.17. The Morgan fingerprint density at radius 1 is 1.29 bits per heavy atom. The molecule has 0 aromatic rings. The molecule has 2 unspecified atom stereocenters. The normalized spacial score (nSPS) is 30.4. The van der Waals surface area contributed by atoms with Crippen molar-refractivity contribution in [3.05, 3.63) is 0 Å². The molecule has 3 fully saturated rings. The number of sulfone groups is 1. The fourth-order valence-electron chi connectivity index (χ4n) is 3.69. The molecule has 3 rings (SSSR count). The van der Waals surface area contributed by atoms with Gasteiger partial charge in [0.2, 0.25) is 0 Å². The Labute approximate surface area is 144 Å². The van der Waals surface area contributed by atoms with Crippen LogP contribution in [0.25, 0.3) is 0 Å². The summed E-state index contributed by atoms with van der Waals surface area (Å²) in [6.45, 7) is 3.71. The van der Waals surface area contributed by atoms with Gasteiger partial charge in [-0.25, -0.2) is 8.42 Å². The quantitative estimate of drug-likeness (QED) is 0.560. The van der Waals surface area contributed by atoms with Crippen LogP contribution in [0.2, 0.25) is 0 Å². The van der Waals surface area contributed by atoms with E-state index in [-0.39, 0.29) is 23.4 Å². The van der Waals surface area contributed by atoms with Gasteiger partial charge in [-0.05, 0) is 25.7 Å². The second-order valence-corrected chi connectivity index (χ2v) is 9.52. The minimum absolute atomic E-state index is 0.0886. The number of hydrogen-bond donors (Lipinski definition) is 1. The highest BCUT2D eigenvalue weighted by Crippen LogP contribution is 2.46. The fraction of sp³-hybridized carbons (Fsp3) is 0.938. The summed E-state index contributed by atoms with van der Waals surface area (Å²) in [5, 5.41) is 3.39. The van der Waals surface area contributed by atoms with Crippen molar-refractivity contribution >= 4 is 15.8 Å². The van der Waals surface area contributed by atoms with Crippen molar-refractivity contribution in [2.45, 2.75) is 37.9 Å². The number of aliphatic imine (C=N–C) groups is 1. The molecule has 2 saturated heterocycles. The third kappa shape index (κ3) is 4.61. The molecule has 2 atom stereocenters. The highest BCUT2D eigenvalue weighted by molar-refractivity contribution is 7.90. The largest absolute Gasteiger partial charge is 0.375 e. The molecule has 1 N–H and O–H groups in total. The zero-order valence-corrected chi connectivity index (χ0v) is 15.5. The van der Waals surface area contributed by atoms with E-state index in [2.05, 4.69) is 15.2 Å². The third-order valence-electron chi connectivity index (χ3n) is 5.13. The van der Waals surface area contributed by atoms with E-state index in [9.17, 15) is 8.42 Å². The van der Waals surface area contributed by atoms with Gasteiger partial charge in [-0.2, -0.15) is 0 Å². The van der Waals surface area contributed by atoms with Crippen molar-refractivity contribution < 1.29 is 17.9 Å². The fourth-order valence-corrected chi connectivity index (χ4v) is 5.20. The summed E-state index contributed by atoms with van der Waals surface area (Å²) in [7, 11) is -1.18. The van der Waals surface area contributed by atoms with Gasteiger partial charge in [-0.3, -0.25) is 4.99 Å². The highest BCUT2D eigenvalue weighted by atomic mass is 32.2. The molecule has 1 saturated carbocycles. The van der Waals surface area contributed by atoms with Gasteiger partial charge in [0.25, 0.3) is 0 Å². The average Bonchev–Trinajstić information content (AvgIpc) is 3.07. The van der Waals surface area contributed by atoms with Crippen LogP contribution in [-0.2, 0) is 19.3 Å². The Morgan fingerprint density at radius 3 is 2.62 bits per heavy atom. The zero-order chi connectivity index (χ0) is 17.2. The first-order chi connectivity index (χ1) is 11.4. The summed E-state index contributed by atoms with van der Waals surface area (Å²) < 4.78 is 34.8. The number of ether oxygens (including phenoxy) is 2. The van der Waals surface area contributed by atoms with E-state index < -0.39 is 9.84 Å². The van der Waals surface area contributed by atoms with Gasteiger partial charge in [0.05, 0.1) is 18.5 Å². The highest BCUT2D eigenvalue weighted by Gasteiger charge is 2.45. The van der Waals surface area contributed by atoms with Crippen molar-refractivity contribution in [1.82, 2.24) is 10.2 Å². The first-order valence-electron chi connectivity index (χ1n) is 8.77. The third-order valence-corrected chi connectivity index (χ3v) is 6.27. The van der Waals surface area contributed by atoms with Crippen LogP contribution < -0.4 is 5.32 Å². The maximum absolute atomic E-state index is 11.6.